The number of rotatable bonds is 6. The Labute approximate surface area is 220 Å². The summed E-state index contributed by atoms with van der Waals surface area (Å²) in [4.78, 5) is 21.3. The van der Waals surface area contributed by atoms with Gasteiger partial charge in [-0.3, -0.25) is 9.69 Å². The molecule has 2 aliphatic heterocycles. The molecule has 198 valence electrons. The van der Waals surface area contributed by atoms with E-state index in [2.05, 4.69) is 43.3 Å². The maximum absolute atomic E-state index is 13.6. The van der Waals surface area contributed by atoms with Crippen LogP contribution >= 0.6 is 0 Å². The van der Waals surface area contributed by atoms with E-state index in [0.29, 0.717) is 31.0 Å². The van der Waals surface area contributed by atoms with Crippen molar-refractivity contribution in [2.45, 2.75) is 45.4 Å². The van der Waals surface area contributed by atoms with Crippen LogP contribution in [0, 0.1) is 19.7 Å². The molecule has 0 spiro atoms. The van der Waals surface area contributed by atoms with E-state index in [1.54, 1.807) is 4.68 Å². The van der Waals surface area contributed by atoms with Crippen LogP contribution in [-0.2, 0) is 11.3 Å². The molecule has 10 heteroatoms. The van der Waals surface area contributed by atoms with Crippen molar-refractivity contribution in [3.05, 3.63) is 81.2 Å². The number of H-pyrrole nitrogens is 1. The van der Waals surface area contributed by atoms with E-state index in [-0.39, 0.29) is 17.5 Å². The number of benzene rings is 2. The highest BCUT2D eigenvalue weighted by Crippen LogP contribution is 2.30. The largest absolute Gasteiger partial charge is 0.376 e. The zero-order valence-electron chi connectivity index (χ0n) is 21.7. The zero-order valence-corrected chi connectivity index (χ0v) is 21.7. The van der Waals surface area contributed by atoms with E-state index in [9.17, 15) is 9.18 Å². The van der Waals surface area contributed by atoms with E-state index >= 15 is 0 Å². The molecule has 2 aromatic carbocycles. The minimum Gasteiger partial charge on any atom is -0.376 e. The molecule has 2 aliphatic rings. The quantitative estimate of drug-likeness (QED) is 0.419. The Hall–Kier alpha value is -3.63. The lowest BCUT2D eigenvalue weighted by Gasteiger charge is -2.39. The van der Waals surface area contributed by atoms with Crippen LogP contribution in [-0.4, -0.2) is 69.0 Å². The summed E-state index contributed by atoms with van der Waals surface area (Å²) in [5, 5.41) is 13.8. The molecule has 9 nitrogen and oxygen atoms in total. The highest BCUT2D eigenvalue weighted by Gasteiger charge is 2.33. The van der Waals surface area contributed by atoms with Gasteiger partial charge in [-0.05, 0) is 78.6 Å². The second-order valence-electron chi connectivity index (χ2n) is 10.3. The molecule has 0 unspecified atom stereocenters. The molecule has 2 saturated heterocycles. The minimum absolute atomic E-state index is 0.0630. The molecule has 4 aromatic rings. The van der Waals surface area contributed by atoms with Crippen molar-refractivity contribution >= 4 is 16.6 Å². The number of aromatic nitrogens is 5. The molecular weight excluding hydrogens is 485 g/mol. The monoisotopic (exact) mass is 517 g/mol. The third kappa shape index (κ3) is 4.69. The second kappa shape index (κ2) is 10.3. The number of piperazine rings is 1. The number of anilines is 1. The molecule has 1 N–H and O–H groups in total. The molecule has 0 amide bonds. The van der Waals surface area contributed by atoms with E-state index in [1.807, 2.05) is 31.2 Å². The molecule has 38 heavy (non-hydrogen) atoms. The molecule has 0 radical (unpaired) electrons. The first-order chi connectivity index (χ1) is 18.5. The van der Waals surface area contributed by atoms with Gasteiger partial charge in [0, 0.05) is 49.4 Å². The Morgan fingerprint density at radius 3 is 2.58 bits per heavy atom. The molecule has 2 atom stereocenters. The molecule has 6 rings (SSSR count). The lowest BCUT2D eigenvalue weighted by molar-refractivity contribution is 0.0906. The van der Waals surface area contributed by atoms with Gasteiger partial charge in [0.05, 0.1) is 18.2 Å². The van der Waals surface area contributed by atoms with Crippen molar-refractivity contribution < 1.29 is 9.13 Å². The molecular formula is C28H32FN7O2. The Morgan fingerprint density at radius 2 is 1.84 bits per heavy atom. The Balaban J connectivity index is 1.38. The first-order valence-electron chi connectivity index (χ1n) is 13.2. The summed E-state index contributed by atoms with van der Waals surface area (Å²) in [6.07, 6.45) is 2.06. The number of aryl methyl sites for hydroxylation is 2. The van der Waals surface area contributed by atoms with Crippen LogP contribution in [0.1, 0.15) is 41.4 Å². The smallest absolute Gasteiger partial charge is 0.253 e. The van der Waals surface area contributed by atoms with Crippen molar-refractivity contribution in [1.29, 1.82) is 0 Å². The normalized spacial score (nSPS) is 19.3. The summed E-state index contributed by atoms with van der Waals surface area (Å²) in [6.45, 7) is 8.22. The molecule has 2 fully saturated rings. The molecule has 0 saturated carbocycles. The van der Waals surface area contributed by atoms with Crippen LogP contribution < -0.4 is 10.5 Å². The summed E-state index contributed by atoms with van der Waals surface area (Å²) in [5.74, 6) is 0.400. The van der Waals surface area contributed by atoms with Crippen molar-refractivity contribution in [3.8, 4) is 0 Å². The highest BCUT2D eigenvalue weighted by atomic mass is 19.1. The highest BCUT2D eigenvalue weighted by molar-refractivity contribution is 5.85. The summed E-state index contributed by atoms with van der Waals surface area (Å²) >= 11 is 0. The molecule has 0 bridgehead atoms. The fraction of sp³-hybridized carbons (Fsp3) is 0.429. The molecule has 0 aliphatic carbocycles. The predicted octanol–water partition coefficient (Wildman–Crippen LogP) is 3.36. The first-order valence-corrected chi connectivity index (χ1v) is 13.2. The van der Waals surface area contributed by atoms with Crippen LogP contribution in [0.2, 0.25) is 0 Å². The third-order valence-electron chi connectivity index (χ3n) is 7.84. The van der Waals surface area contributed by atoms with Gasteiger partial charge < -0.3 is 14.6 Å². The maximum Gasteiger partial charge on any atom is 0.253 e. The molecule has 4 heterocycles. The van der Waals surface area contributed by atoms with Crippen molar-refractivity contribution in [1.82, 2.24) is 30.1 Å². The van der Waals surface area contributed by atoms with Gasteiger partial charge in [-0.1, -0.05) is 12.1 Å². The molecule has 2 aromatic heterocycles. The van der Waals surface area contributed by atoms with Crippen LogP contribution in [0.15, 0.2) is 47.3 Å². The van der Waals surface area contributed by atoms with Gasteiger partial charge in [0.25, 0.3) is 5.56 Å². The van der Waals surface area contributed by atoms with Crippen LogP contribution in [0.3, 0.4) is 0 Å². The van der Waals surface area contributed by atoms with Crippen LogP contribution in [0.5, 0.6) is 0 Å². The summed E-state index contributed by atoms with van der Waals surface area (Å²) in [5.41, 5.74) is 4.47. The van der Waals surface area contributed by atoms with Gasteiger partial charge in [-0.15, -0.1) is 5.10 Å². The number of hydrogen-bond acceptors (Lipinski definition) is 7. The number of ether oxygens (including phenoxy) is 1. The summed E-state index contributed by atoms with van der Waals surface area (Å²) in [6, 6.07) is 12.3. The van der Waals surface area contributed by atoms with Crippen molar-refractivity contribution in [3.63, 3.8) is 0 Å². The maximum atomic E-state index is 13.6. The van der Waals surface area contributed by atoms with Gasteiger partial charge in [0.15, 0.2) is 5.82 Å². The van der Waals surface area contributed by atoms with Gasteiger partial charge in [0.1, 0.15) is 11.9 Å². The van der Waals surface area contributed by atoms with Gasteiger partial charge in [0.2, 0.25) is 0 Å². The van der Waals surface area contributed by atoms with Gasteiger partial charge in [-0.2, -0.15) is 0 Å². The van der Waals surface area contributed by atoms with Crippen molar-refractivity contribution in [2.24, 2.45) is 0 Å². The number of tetrazole rings is 1. The topological polar surface area (TPSA) is 92.2 Å². The average molecular weight is 518 g/mol. The van der Waals surface area contributed by atoms with Crippen LogP contribution in [0.25, 0.3) is 10.9 Å². The second-order valence-corrected chi connectivity index (χ2v) is 10.3. The number of nitrogens with zero attached hydrogens (tertiary/aromatic N) is 6. The fourth-order valence-corrected chi connectivity index (χ4v) is 5.70. The van der Waals surface area contributed by atoms with Gasteiger partial charge >= 0.3 is 0 Å². The number of aromatic amines is 1. The number of halogens is 1. The third-order valence-corrected chi connectivity index (χ3v) is 7.84. The first kappa shape index (κ1) is 24.7. The van der Waals surface area contributed by atoms with Crippen molar-refractivity contribution in [2.75, 3.05) is 37.7 Å². The zero-order chi connectivity index (χ0) is 26.2. The summed E-state index contributed by atoms with van der Waals surface area (Å²) in [7, 11) is 0. The number of pyridine rings is 1. The number of fused-ring (bicyclic) bond motifs is 1. The average Bonchev–Trinajstić information content (AvgIpc) is 3.61. The fourth-order valence-electron chi connectivity index (χ4n) is 5.70. The Morgan fingerprint density at radius 1 is 1.08 bits per heavy atom. The lowest BCUT2D eigenvalue weighted by Crippen LogP contribution is -2.49. The Bertz CT molecular complexity index is 1490. The van der Waals surface area contributed by atoms with Gasteiger partial charge in [-0.25, -0.2) is 9.07 Å². The standard InChI is InChI=1S/C28H32FN7O2/c1-18-5-6-19(2)25-23(18)16-24(28(37)30-25)26(27-31-32-33-36(27)17-22-4-3-15-38-22)35-13-11-34(12-14-35)21-9-7-20(29)8-10-21/h5-10,16,22,26H,3-4,11-15,17H2,1-2H3,(H,30,37)/t22-,26+/m1/s1. The van der Waals surface area contributed by atoms with E-state index in [0.717, 1.165) is 60.3 Å². The minimum atomic E-state index is -0.421. The van der Waals surface area contributed by atoms with E-state index in [4.69, 9.17) is 4.74 Å². The SMILES string of the molecule is Cc1ccc(C)c2[nH]c(=O)c([C@@H](c3nnnn3C[C@H]3CCCO3)N3CCN(c4ccc(F)cc4)CC3)cc12. The lowest BCUT2D eigenvalue weighted by atomic mass is 9.99. The Kier molecular flexibility index (Phi) is 6.67. The summed E-state index contributed by atoms with van der Waals surface area (Å²) < 4.78 is 21.1. The number of hydrogen-bond donors (Lipinski definition) is 1. The van der Waals surface area contributed by atoms with E-state index in [1.165, 1.54) is 12.1 Å². The number of nitrogens with one attached hydrogen (secondary N) is 1. The van der Waals surface area contributed by atoms with E-state index < -0.39 is 6.04 Å². The van der Waals surface area contributed by atoms with Crippen LogP contribution in [0.4, 0.5) is 10.1 Å². The predicted molar refractivity (Wildman–Crippen MR) is 143 cm³/mol.